The van der Waals surface area contributed by atoms with Crippen LogP contribution in [0.2, 0.25) is 0 Å². The quantitative estimate of drug-likeness (QED) is 0.696. The fourth-order valence-corrected chi connectivity index (χ4v) is 2.25. The number of halogens is 3. The topological polar surface area (TPSA) is 75.9 Å². The van der Waals surface area contributed by atoms with Crippen molar-refractivity contribution in [2.24, 2.45) is 0 Å². The van der Waals surface area contributed by atoms with Gasteiger partial charge < -0.3 is 15.1 Å². The summed E-state index contributed by atoms with van der Waals surface area (Å²) >= 11 is 0. The van der Waals surface area contributed by atoms with Crippen molar-refractivity contribution in [1.29, 1.82) is 0 Å². The fourth-order valence-electron chi connectivity index (χ4n) is 2.25. The molecule has 0 atom stereocenters. The second-order valence-corrected chi connectivity index (χ2v) is 5.45. The lowest BCUT2D eigenvalue weighted by molar-refractivity contribution is -0.137. The number of benzene rings is 1. The van der Waals surface area contributed by atoms with Gasteiger partial charge in [-0.3, -0.25) is 0 Å². The maximum absolute atomic E-state index is 12.7. The van der Waals surface area contributed by atoms with Gasteiger partial charge in [0.05, 0.1) is 11.1 Å². The molecule has 2 N–H and O–H groups in total. The van der Waals surface area contributed by atoms with Crippen LogP contribution in [0.5, 0.6) is 0 Å². The summed E-state index contributed by atoms with van der Waals surface area (Å²) in [5.41, 5.74) is 0.318. The van der Waals surface area contributed by atoms with E-state index in [0.717, 1.165) is 12.1 Å². The van der Waals surface area contributed by atoms with Crippen LogP contribution in [0.4, 0.5) is 24.7 Å². The molecule has 0 fully saturated rings. The lowest BCUT2D eigenvalue weighted by Crippen LogP contribution is -2.10. The highest BCUT2D eigenvalue weighted by atomic mass is 19.4. The monoisotopic (exact) mass is 363 g/mol. The lowest BCUT2D eigenvalue weighted by Gasteiger charge is -2.10. The van der Waals surface area contributed by atoms with Gasteiger partial charge in [0, 0.05) is 24.8 Å². The molecule has 136 valence electrons. The Morgan fingerprint density at radius 1 is 1.08 bits per heavy atom. The Hall–Kier alpha value is -2.94. The van der Waals surface area contributed by atoms with Gasteiger partial charge in [0.2, 0.25) is 5.89 Å². The first-order valence-electron chi connectivity index (χ1n) is 7.84. The number of rotatable bonds is 6. The van der Waals surface area contributed by atoms with Crippen molar-refractivity contribution < 1.29 is 17.6 Å². The van der Waals surface area contributed by atoms with E-state index in [1.54, 1.807) is 18.3 Å². The van der Waals surface area contributed by atoms with E-state index in [1.165, 1.54) is 12.1 Å². The van der Waals surface area contributed by atoms with Crippen LogP contribution < -0.4 is 10.6 Å². The molecule has 0 aliphatic heterocycles. The van der Waals surface area contributed by atoms with Gasteiger partial charge in [-0.15, -0.1) is 10.2 Å². The highest BCUT2D eigenvalue weighted by molar-refractivity contribution is 5.73. The van der Waals surface area contributed by atoms with E-state index in [2.05, 4.69) is 25.8 Å². The molecule has 9 heteroatoms. The zero-order valence-corrected chi connectivity index (χ0v) is 13.8. The average Bonchev–Trinajstić information content (AvgIpc) is 3.09. The minimum Gasteiger partial charge on any atom is -0.421 e. The Balaban J connectivity index is 1.82. The predicted octanol–water partition coefficient (Wildman–Crippen LogP) is 3.66. The van der Waals surface area contributed by atoms with Crippen LogP contribution >= 0.6 is 0 Å². The van der Waals surface area contributed by atoms with Gasteiger partial charge in [-0.1, -0.05) is 0 Å². The molecule has 0 amide bonds. The Morgan fingerprint density at radius 3 is 2.54 bits per heavy atom. The minimum atomic E-state index is -4.37. The van der Waals surface area contributed by atoms with Crippen LogP contribution in [-0.4, -0.2) is 28.8 Å². The first kappa shape index (κ1) is 17.9. The maximum Gasteiger partial charge on any atom is 0.416 e. The van der Waals surface area contributed by atoms with Crippen molar-refractivity contribution in [3.63, 3.8) is 0 Å². The molecule has 0 unspecified atom stereocenters. The first-order chi connectivity index (χ1) is 12.5. The Kier molecular flexibility index (Phi) is 5.17. The van der Waals surface area contributed by atoms with Gasteiger partial charge in [-0.25, -0.2) is 4.98 Å². The summed E-state index contributed by atoms with van der Waals surface area (Å²) in [6.45, 7) is 0.700. The largest absolute Gasteiger partial charge is 0.421 e. The molecule has 0 spiro atoms. The fraction of sp³-hybridized carbons (Fsp3) is 0.235. The maximum atomic E-state index is 12.7. The van der Waals surface area contributed by atoms with Gasteiger partial charge in [0.1, 0.15) is 5.82 Å². The summed E-state index contributed by atoms with van der Waals surface area (Å²) in [5, 5.41) is 14.0. The molecule has 0 aliphatic rings. The summed E-state index contributed by atoms with van der Waals surface area (Å²) in [6.07, 6.45) is -2.22. The minimum absolute atomic E-state index is 0.290. The van der Waals surface area contributed by atoms with Crippen LogP contribution in [0.25, 0.3) is 11.5 Å². The Morgan fingerprint density at radius 2 is 1.85 bits per heavy atom. The summed E-state index contributed by atoms with van der Waals surface area (Å²) in [6, 6.07) is 8.15. The summed E-state index contributed by atoms with van der Waals surface area (Å²) in [4.78, 5) is 4.22. The van der Waals surface area contributed by atoms with Gasteiger partial charge in [0.25, 0.3) is 5.89 Å². The van der Waals surface area contributed by atoms with Crippen LogP contribution in [0.15, 0.2) is 47.0 Å². The van der Waals surface area contributed by atoms with E-state index in [1.807, 2.05) is 7.05 Å². The third kappa shape index (κ3) is 4.17. The number of nitrogens with one attached hydrogen (secondary N) is 2. The van der Waals surface area contributed by atoms with Gasteiger partial charge in [-0.05, 0) is 43.4 Å². The van der Waals surface area contributed by atoms with Crippen molar-refractivity contribution in [3.05, 3.63) is 54.0 Å². The van der Waals surface area contributed by atoms with E-state index in [9.17, 15) is 13.2 Å². The van der Waals surface area contributed by atoms with Crippen molar-refractivity contribution >= 4 is 11.5 Å². The summed E-state index contributed by atoms with van der Waals surface area (Å²) in [5.74, 6) is 1.19. The van der Waals surface area contributed by atoms with E-state index in [-0.39, 0.29) is 0 Å². The van der Waals surface area contributed by atoms with E-state index in [4.69, 9.17) is 4.42 Å². The molecule has 3 rings (SSSR count). The molecule has 0 bridgehead atoms. The molecule has 2 heterocycles. The molecular weight excluding hydrogens is 347 g/mol. The van der Waals surface area contributed by atoms with E-state index >= 15 is 0 Å². The molecular formula is C17H16F3N5O. The normalized spacial score (nSPS) is 11.5. The number of alkyl halides is 3. The number of nitrogens with zero attached hydrogens (tertiary/aromatic N) is 3. The molecule has 0 saturated heterocycles. The Bertz CT molecular complexity index is 861. The Labute approximate surface area is 147 Å². The summed E-state index contributed by atoms with van der Waals surface area (Å²) < 4.78 is 43.6. The molecule has 26 heavy (non-hydrogen) atoms. The molecule has 0 aliphatic carbocycles. The molecule has 1 aromatic carbocycles. The predicted molar refractivity (Wildman–Crippen MR) is 89.9 cm³/mol. The van der Waals surface area contributed by atoms with Gasteiger partial charge in [0.15, 0.2) is 0 Å². The number of anilines is 2. The molecule has 0 radical (unpaired) electrons. The number of pyridine rings is 1. The standard InChI is InChI=1S/C17H16F3N5O/c1-21-10-8-14-24-25-16(26-14)13-3-2-9-22-15(13)23-12-6-4-11(5-7-12)17(18,19)20/h2-7,9,21H,8,10H2,1H3,(H,22,23). The lowest BCUT2D eigenvalue weighted by atomic mass is 10.2. The van der Waals surface area contributed by atoms with Gasteiger partial charge in [-0.2, -0.15) is 13.2 Å². The second-order valence-electron chi connectivity index (χ2n) is 5.45. The highest BCUT2D eigenvalue weighted by Crippen LogP contribution is 2.31. The summed E-state index contributed by atoms with van der Waals surface area (Å²) in [7, 11) is 1.82. The zero-order chi connectivity index (χ0) is 18.6. The number of likely N-dealkylation sites (N-methyl/N-ethyl adjacent to an activating group) is 1. The molecule has 2 aromatic heterocycles. The number of aromatic nitrogens is 3. The smallest absolute Gasteiger partial charge is 0.416 e. The van der Waals surface area contributed by atoms with Crippen LogP contribution in [0.1, 0.15) is 11.5 Å². The van der Waals surface area contributed by atoms with E-state index in [0.29, 0.717) is 41.8 Å². The number of hydrogen-bond donors (Lipinski definition) is 2. The zero-order valence-electron chi connectivity index (χ0n) is 13.8. The average molecular weight is 363 g/mol. The van der Waals surface area contributed by atoms with Crippen molar-refractivity contribution in [1.82, 2.24) is 20.5 Å². The molecule has 6 nitrogen and oxygen atoms in total. The van der Waals surface area contributed by atoms with Crippen LogP contribution in [0, 0.1) is 0 Å². The SMILES string of the molecule is CNCCc1nnc(-c2cccnc2Nc2ccc(C(F)(F)F)cc2)o1. The highest BCUT2D eigenvalue weighted by Gasteiger charge is 2.30. The van der Waals surface area contributed by atoms with Crippen molar-refractivity contribution in [2.75, 3.05) is 18.9 Å². The molecule has 0 saturated carbocycles. The van der Waals surface area contributed by atoms with E-state index < -0.39 is 11.7 Å². The van der Waals surface area contributed by atoms with Crippen LogP contribution in [-0.2, 0) is 12.6 Å². The second kappa shape index (κ2) is 7.52. The van der Waals surface area contributed by atoms with Crippen LogP contribution in [0.3, 0.4) is 0 Å². The van der Waals surface area contributed by atoms with Crippen molar-refractivity contribution in [3.8, 4) is 11.5 Å². The van der Waals surface area contributed by atoms with Gasteiger partial charge >= 0.3 is 6.18 Å². The molecule has 3 aromatic rings. The third-order valence-corrected chi connectivity index (χ3v) is 3.57. The first-order valence-corrected chi connectivity index (χ1v) is 7.84. The number of hydrogen-bond acceptors (Lipinski definition) is 6. The third-order valence-electron chi connectivity index (χ3n) is 3.57. The van der Waals surface area contributed by atoms with Crippen molar-refractivity contribution in [2.45, 2.75) is 12.6 Å².